The standard InChI is InChI=1S/C7H7N5O3/c1-11-2-3(12(14)15)4-5(11)9-7(8)10-6(4)13/h2H,1H3,(H3,8,9,10,13). The first-order valence-corrected chi connectivity index (χ1v) is 4.00. The van der Waals surface area contributed by atoms with E-state index in [1.807, 2.05) is 0 Å². The fourth-order valence-electron chi connectivity index (χ4n) is 1.41. The third-order valence-corrected chi connectivity index (χ3v) is 2.02. The van der Waals surface area contributed by atoms with Gasteiger partial charge in [0.1, 0.15) is 0 Å². The number of aromatic nitrogens is 3. The van der Waals surface area contributed by atoms with Crippen molar-refractivity contribution in [2.45, 2.75) is 0 Å². The minimum Gasteiger partial charge on any atom is -0.369 e. The predicted molar refractivity (Wildman–Crippen MR) is 52.4 cm³/mol. The van der Waals surface area contributed by atoms with E-state index < -0.39 is 10.5 Å². The maximum atomic E-state index is 11.4. The Bertz CT molecular complexity index is 611. The SMILES string of the molecule is Cn1cc([N+](=O)[O-])c2c(=O)[nH]c(N)nc21. The molecule has 0 fully saturated rings. The molecule has 0 unspecified atom stereocenters. The molecule has 0 aromatic carbocycles. The van der Waals surface area contributed by atoms with E-state index in [4.69, 9.17) is 5.73 Å². The van der Waals surface area contributed by atoms with Gasteiger partial charge in [0, 0.05) is 7.05 Å². The monoisotopic (exact) mass is 209 g/mol. The number of nitro groups is 1. The first kappa shape index (κ1) is 9.19. The summed E-state index contributed by atoms with van der Waals surface area (Å²) in [7, 11) is 1.56. The van der Waals surface area contributed by atoms with Gasteiger partial charge in [-0.15, -0.1) is 0 Å². The van der Waals surface area contributed by atoms with Crippen molar-refractivity contribution in [1.29, 1.82) is 0 Å². The lowest BCUT2D eigenvalue weighted by molar-refractivity contribution is -0.383. The van der Waals surface area contributed by atoms with Gasteiger partial charge in [-0.25, -0.2) is 0 Å². The van der Waals surface area contributed by atoms with E-state index in [1.54, 1.807) is 7.05 Å². The second-order valence-corrected chi connectivity index (χ2v) is 3.03. The quantitative estimate of drug-likeness (QED) is 0.495. The third kappa shape index (κ3) is 1.23. The van der Waals surface area contributed by atoms with E-state index in [0.29, 0.717) is 0 Å². The number of nitrogen functional groups attached to an aromatic ring is 1. The van der Waals surface area contributed by atoms with Gasteiger partial charge in [0.05, 0.1) is 11.1 Å². The molecule has 8 nitrogen and oxygen atoms in total. The molecule has 0 atom stereocenters. The topological polar surface area (TPSA) is 120 Å². The number of nitrogens with one attached hydrogen (secondary N) is 1. The van der Waals surface area contributed by atoms with Gasteiger partial charge in [0.2, 0.25) is 5.95 Å². The van der Waals surface area contributed by atoms with Crippen molar-refractivity contribution >= 4 is 22.7 Å². The van der Waals surface area contributed by atoms with Crippen molar-refractivity contribution in [3.63, 3.8) is 0 Å². The number of hydrogen-bond acceptors (Lipinski definition) is 5. The second-order valence-electron chi connectivity index (χ2n) is 3.03. The zero-order chi connectivity index (χ0) is 11.2. The molecule has 0 bridgehead atoms. The summed E-state index contributed by atoms with van der Waals surface area (Å²) in [6, 6.07) is 0. The Kier molecular flexibility index (Phi) is 1.72. The van der Waals surface area contributed by atoms with Crippen LogP contribution in [0.25, 0.3) is 11.0 Å². The molecule has 0 spiro atoms. The van der Waals surface area contributed by atoms with Crippen molar-refractivity contribution in [3.05, 3.63) is 26.7 Å². The molecule has 0 aliphatic heterocycles. The van der Waals surface area contributed by atoms with Crippen molar-refractivity contribution in [1.82, 2.24) is 14.5 Å². The van der Waals surface area contributed by atoms with Gasteiger partial charge in [-0.1, -0.05) is 0 Å². The molecule has 0 aliphatic rings. The number of hydrogen-bond donors (Lipinski definition) is 2. The van der Waals surface area contributed by atoms with Crippen LogP contribution in [0, 0.1) is 10.1 Å². The number of aryl methyl sites for hydroxylation is 1. The highest BCUT2D eigenvalue weighted by molar-refractivity contribution is 5.86. The van der Waals surface area contributed by atoms with Crippen LogP contribution < -0.4 is 11.3 Å². The molecule has 8 heteroatoms. The Hall–Kier alpha value is -2.38. The van der Waals surface area contributed by atoms with E-state index in [0.717, 1.165) is 0 Å². The van der Waals surface area contributed by atoms with Crippen molar-refractivity contribution in [2.24, 2.45) is 7.05 Å². The predicted octanol–water partition coefficient (Wildman–Crippen LogP) is -0.248. The number of H-pyrrole nitrogens is 1. The summed E-state index contributed by atoms with van der Waals surface area (Å²) in [5.41, 5.74) is 4.64. The first-order chi connectivity index (χ1) is 7.00. The number of rotatable bonds is 1. The number of aromatic amines is 1. The largest absolute Gasteiger partial charge is 0.369 e. The smallest absolute Gasteiger partial charge is 0.302 e. The highest BCUT2D eigenvalue weighted by atomic mass is 16.6. The molecule has 0 amide bonds. The van der Waals surface area contributed by atoms with E-state index in [1.165, 1.54) is 10.8 Å². The lowest BCUT2D eigenvalue weighted by atomic mass is 10.3. The highest BCUT2D eigenvalue weighted by Gasteiger charge is 2.20. The molecule has 2 rings (SSSR count). The van der Waals surface area contributed by atoms with Crippen LogP contribution >= 0.6 is 0 Å². The van der Waals surface area contributed by atoms with Crippen LogP contribution in [-0.4, -0.2) is 19.5 Å². The summed E-state index contributed by atoms with van der Waals surface area (Å²) in [6.07, 6.45) is 1.23. The van der Waals surface area contributed by atoms with E-state index >= 15 is 0 Å². The molecule has 78 valence electrons. The molecular formula is C7H7N5O3. The molecule has 0 radical (unpaired) electrons. The van der Waals surface area contributed by atoms with E-state index in [2.05, 4.69) is 9.97 Å². The van der Waals surface area contributed by atoms with Crippen LogP contribution in [0.4, 0.5) is 11.6 Å². The minimum atomic E-state index is -0.630. The summed E-state index contributed by atoms with van der Waals surface area (Å²) < 4.78 is 1.39. The van der Waals surface area contributed by atoms with Gasteiger partial charge >= 0.3 is 5.69 Å². The Morgan fingerprint density at radius 2 is 2.33 bits per heavy atom. The Balaban J connectivity index is 3.00. The van der Waals surface area contributed by atoms with E-state index in [9.17, 15) is 14.9 Å². The number of anilines is 1. The first-order valence-electron chi connectivity index (χ1n) is 4.00. The van der Waals surface area contributed by atoms with Gasteiger partial charge in [-0.05, 0) is 0 Å². The van der Waals surface area contributed by atoms with Crippen molar-refractivity contribution < 1.29 is 4.92 Å². The summed E-state index contributed by atoms with van der Waals surface area (Å²) in [6.45, 7) is 0. The molecule has 0 saturated carbocycles. The van der Waals surface area contributed by atoms with Crippen LogP contribution in [-0.2, 0) is 7.05 Å². The van der Waals surface area contributed by atoms with Gasteiger partial charge < -0.3 is 10.3 Å². The highest BCUT2D eigenvalue weighted by Crippen LogP contribution is 2.22. The zero-order valence-corrected chi connectivity index (χ0v) is 7.72. The minimum absolute atomic E-state index is 0.0586. The van der Waals surface area contributed by atoms with Crippen LogP contribution in [0.1, 0.15) is 0 Å². The molecule has 3 N–H and O–H groups in total. The van der Waals surface area contributed by atoms with Gasteiger partial charge in [-0.2, -0.15) is 4.98 Å². The van der Waals surface area contributed by atoms with Gasteiger partial charge in [0.25, 0.3) is 5.56 Å². The van der Waals surface area contributed by atoms with E-state index in [-0.39, 0.29) is 22.7 Å². The third-order valence-electron chi connectivity index (χ3n) is 2.02. The van der Waals surface area contributed by atoms with Crippen LogP contribution in [0.15, 0.2) is 11.0 Å². The average molecular weight is 209 g/mol. The molecule has 2 aromatic rings. The van der Waals surface area contributed by atoms with Crippen LogP contribution in [0.2, 0.25) is 0 Å². The van der Waals surface area contributed by atoms with Crippen LogP contribution in [0.5, 0.6) is 0 Å². The van der Waals surface area contributed by atoms with Crippen molar-refractivity contribution in [2.75, 3.05) is 5.73 Å². The fraction of sp³-hybridized carbons (Fsp3) is 0.143. The lowest BCUT2D eigenvalue weighted by Crippen LogP contribution is -2.11. The molecular weight excluding hydrogens is 202 g/mol. The van der Waals surface area contributed by atoms with Crippen LogP contribution in [0.3, 0.4) is 0 Å². The van der Waals surface area contributed by atoms with Gasteiger partial charge in [0.15, 0.2) is 11.0 Å². The summed E-state index contributed by atoms with van der Waals surface area (Å²) >= 11 is 0. The van der Waals surface area contributed by atoms with Gasteiger partial charge in [-0.3, -0.25) is 19.9 Å². The molecule has 0 saturated heterocycles. The maximum absolute atomic E-state index is 11.4. The number of nitrogens with two attached hydrogens (primary N) is 1. The number of fused-ring (bicyclic) bond motifs is 1. The summed E-state index contributed by atoms with van der Waals surface area (Å²) in [4.78, 5) is 27.5. The molecule has 2 heterocycles. The normalized spacial score (nSPS) is 10.7. The Morgan fingerprint density at radius 1 is 1.67 bits per heavy atom. The fourth-order valence-corrected chi connectivity index (χ4v) is 1.41. The zero-order valence-electron chi connectivity index (χ0n) is 7.72. The Morgan fingerprint density at radius 3 is 2.93 bits per heavy atom. The molecule has 0 aliphatic carbocycles. The molecule has 2 aromatic heterocycles. The maximum Gasteiger partial charge on any atom is 0.302 e. The lowest BCUT2D eigenvalue weighted by Gasteiger charge is -1.94. The second kappa shape index (κ2) is 2.80. The Labute approximate surface area is 82.5 Å². The average Bonchev–Trinajstić information content (AvgIpc) is 2.44. The molecule has 15 heavy (non-hydrogen) atoms. The summed E-state index contributed by atoms with van der Waals surface area (Å²) in [5, 5.41) is 10.6. The number of nitrogens with zero attached hydrogens (tertiary/aromatic N) is 3. The van der Waals surface area contributed by atoms with Crippen molar-refractivity contribution in [3.8, 4) is 0 Å². The summed E-state index contributed by atoms with van der Waals surface area (Å²) in [5.74, 6) is -0.0661.